The predicted octanol–water partition coefficient (Wildman–Crippen LogP) is 1.37. The van der Waals surface area contributed by atoms with Crippen molar-refractivity contribution in [3.63, 3.8) is 0 Å². The van der Waals surface area contributed by atoms with Crippen LogP contribution in [-0.4, -0.2) is 6.54 Å². The van der Waals surface area contributed by atoms with Gasteiger partial charge in [-0.25, -0.2) is 4.39 Å². The Kier molecular flexibility index (Phi) is 5.20. The Morgan fingerprint density at radius 3 is 2.67 bits per heavy atom. The van der Waals surface area contributed by atoms with Crippen LogP contribution in [0.5, 0.6) is 0 Å². The molecule has 0 fully saturated rings. The minimum absolute atomic E-state index is 0.494. The summed E-state index contributed by atoms with van der Waals surface area (Å²) >= 11 is 2.88. The molecule has 0 aliphatic heterocycles. The van der Waals surface area contributed by atoms with Crippen molar-refractivity contribution in [3.05, 3.63) is 12.4 Å². The number of nitrogens with one attached hydrogen (secondary N) is 1. The van der Waals surface area contributed by atoms with Crippen molar-refractivity contribution < 1.29 is 4.39 Å². The van der Waals surface area contributed by atoms with Gasteiger partial charge in [-0.15, -0.1) is 0 Å². The fourth-order valence-corrected chi connectivity index (χ4v) is 0.276. The molecule has 1 nitrogen and oxygen atoms in total. The van der Waals surface area contributed by atoms with E-state index in [1.807, 2.05) is 0 Å². The molecule has 0 aromatic carbocycles. The summed E-state index contributed by atoms with van der Waals surface area (Å²) in [5, 5.41) is 0. The third-order valence-corrected chi connectivity index (χ3v) is 0.608. The van der Waals surface area contributed by atoms with Crippen molar-refractivity contribution >= 4 is 16.1 Å². The van der Waals surface area contributed by atoms with Crippen molar-refractivity contribution in [1.82, 2.24) is 4.34 Å². The van der Waals surface area contributed by atoms with Gasteiger partial charge >= 0.3 is 0 Å². The Morgan fingerprint density at radius 1 is 1.83 bits per heavy atom. The maximum absolute atomic E-state index is 10.9. The lowest BCUT2D eigenvalue weighted by molar-refractivity contribution is 0.716. The zero-order valence-corrected chi connectivity index (χ0v) is 4.70. The Morgan fingerprint density at radius 2 is 2.50 bits per heavy atom. The molecule has 0 aliphatic rings. The van der Waals surface area contributed by atoms with E-state index in [-0.39, 0.29) is 0 Å². The summed E-state index contributed by atoms with van der Waals surface area (Å²) in [5.41, 5.74) is 0. The molecule has 0 radical (unpaired) electrons. The molecule has 36 valence electrons. The van der Waals surface area contributed by atoms with Crippen LogP contribution in [0.1, 0.15) is 0 Å². The summed E-state index contributed by atoms with van der Waals surface area (Å²) in [5.74, 6) is 0. The zero-order valence-electron chi connectivity index (χ0n) is 3.12. The molecule has 0 heterocycles. The number of hydrogen-bond donors (Lipinski definition) is 1. The van der Waals surface area contributed by atoms with Gasteiger partial charge in [0.05, 0.1) is 6.33 Å². The van der Waals surface area contributed by atoms with Gasteiger partial charge in [0.25, 0.3) is 0 Å². The SMILES string of the molecule is FC=CCNBr. The topological polar surface area (TPSA) is 12.0 Å². The van der Waals surface area contributed by atoms with Crippen LogP contribution in [0.25, 0.3) is 0 Å². The van der Waals surface area contributed by atoms with Crippen LogP contribution in [0, 0.1) is 0 Å². The first-order valence-electron chi connectivity index (χ1n) is 1.50. The van der Waals surface area contributed by atoms with E-state index in [9.17, 15) is 4.39 Å². The molecule has 1 N–H and O–H groups in total. The normalized spacial score (nSPS) is 10.3. The van der Waals surface area contributed by atoms with Crippen molar-refractivity contribution in [2.24, 2.45) is 0 Å². The Balaban J connectivity index is 2.66. The van der Waals surface area contributed by atoms with E-state index < -0.39 is 0 Å². The largest absolute Gasteiger partial charge is 0.252 e. The van der Waals surface area contributed by atoms with Gasteiger partial charge < -0.3 is 0 Å². The minimum Gasteiger partial charge on any atom is -0.252 e. The number of rotatable bonds is 2. The Hall–Kier alpha value is 0.110. The third-order valence-electron chi connectivity index (χ3n) is 0.284. The maximum atomic E-state index is 10.9. The van der Waals surface area contributed by atoms with Crippen molar-refractivity contribution in [1.29, 1.82) is 0 Å². The first kappa shape index (κ1) is 6.11. The summed E-state index contributed by atoms with van der Waals surface area (Å²) in [7, 11) is 0. The Bertz CT molecular complexity index is 46.1. The molecule has 6 heavy (non-hydrogen) atoms. The highest BCUT2D eigenvalue weighted by Gasteiger charge is 1.65. The number of hydrogen-bond acceptors (Lipinski definition) is 1. The second kappa shape index (κ2) is 5.11. The molecule has 0 spiro atoms. The smallest absolute Gasteiger partial charge is 0.0840 e. The maximum Gasteiger partial charge on any atom is 0.0840 e. The van der Waals surface area contributed by atoms with Crippen molar-refractivity contribution in [3.8, 4) is 0 Å². The molecule has 0 amide bonds. The molecular formula is C3H5BrFN. The van der Waals surface area contributed by atoms with Gasteiger partial charge in [-0.05, 0) is 6.08 Å². The van der Waals surface area contributed by atoms with Gasteiger partial charge in [-0.3, -0.25) is 4.34 Å². The molecule has 0 atom stereocenters. The van der Waals surface area contributed by atoms with Crippen LogP contribution in [0.3, 0.4) is 0 Å². The molecule has 0 unspecified atom stereocenters. The molecule has 0 aromatic heterocycles. The lowest BCUT2D eigenvalue weighted by Gasteiger charge is -1.77. The average Bonchev–Trinajstić information content (AvgIpc) is 1.61. The van der Waals surface area contributed by atoms with Crippen LogP contribution in [-0.2, 0) is 0 Å². The molecule has 3 heteroatoms. The van der Waals surface area contributed by atoms with E-state index in [2.05, 4.69) is 20.5 Å². The van der Waals surface area contributed by atoms with E-state index in [1.54, 1.807) is 0 Å². The molecule has 0 aliphatic carbocycles. The highest BCUT2D eigenvalue weighted by Crippen LogP contribution is 1.71. The molecule has 0 saturated heterocycles. The van der Waals surface area contributed by atoms with Gasteiger partial charge in [-0.1, -0.05) is 0 Å². The van der Waals surface area contributed by atoms with E-state index in [0.29, 0.717) is 12.9 Å². The molecular weight excluding hydrogens is 149 g/mol. The fraction of sp³-hybridized carbons (Fsp3) is 0.333. The third kappa shape index (κ3) is 4.11. The summed E-state index contributed by atoms with van der Waals surface area (Å²) in [6.07, 6.45) is 1.85. The highest BCUT2D eigenvalue weighted by molar-refractivity contribution is 9.08. The lowest BCUT2D eigenvalue weighted by atomic mass is 10.7. The minimum atomic E-state index is 0.494. The molecule has 0 saturated carbocycles. The van der Waals surface area contributed by atoms with Crippen LogP contribution in [0.4, 0.5) is 4.39 Å². The quantitative estimate of drug-likeness (QED) is 0.592. The van der Waals surface area contributed by atoms with Gasteiger partial charge in [0.2, 0.25) is 0 Å². The van der Waals surface area contributed by atoms with E-state index in [1.165, 1.54) is 6.08 Å². The first-order chi connectivity index (χ1) is 2.91. The predicted molar refractivity (Wildman–Crippen MR) is 27.2 cm³/mol. The zero-order chi connectivity index (χ0) is 4.83. The number of halogens is 2. The van der Waals surface area contributed by atoms with Crippen LogP contribution in [0.2, 0.25) is 0 Å². The van der Waals surface area contributed by atoms with Gasteiger partial charge in [0.1, 0.15) is 0 Å². The second-order valence-electron chi connectivity index (χ2n) is 0.699. The molecule has 0 rings (SSSR count). The lowest BCUT2D eigenvalue weighted by Crippen LogP contribution is -1.93. The van der Waals surface area contributed by atoms with Gasteiger partial charge in [0.15, 0.2) is 0 Å². The van der Waals surface area contributed by atoms with Crippen LogP contribution in [0.15, 0.2) is 12.4 Å². The van der Waals surface area contributed by atoms with Crippen LogP contribution >= 0.6 is 16.1 Å². The highest BCUT2D eigenvalue weighted by atomic mass is 79.9. The standard InChI is InChI=1S/C3H5BrFN/c4-6-3-1-2-5/h1-2,6H,3H2. The second-order valence-corrected chi connectivity index (χ2v) is 1.26. The first-order valence-corrected chi connectivity index (χ1v) is 2.30. The summed E-state index contributed by atoms with van der Waals surface area (Å²) < 4.78 is 13.5. The molecule has 0 bridgehead atoms. The van der Waals surface area contributed by atoms with Crippen molar-refractivity contribution in [2.75, 3.05) is 6.54 Å². The monoisotopic (exact) mass is 153 g/mol. The van der Waals surface area contributed by atoms with Gasteiger partial charge in [0, 0.05) is 22.7 Å². The summed E-state index contributed by atoms with van der Waals surface area (Å²) in [6, 6.07) is 0. The molecule has 0 aromatic rings. The van der Waals surface area contributed by atoms with Crippen molar-refractivity contribution in [2.45, 2.75) is 0 Å². The van der Waals surface area contributed by atoms with E-state index in [4.69, 9.17) is 0 Å². The fourth-order valence-electron chi connectivity index (χ4n) is 0.0891. The van der Waals surface area contributed by atoms with Crippen LogP contribution < -0.4 is 4.34 Å². The Labute approximate surface area is 44.6 Å². The van der Waals surface area contributed by atoms with E-state index in [0.717, 1.165) is 0 Å². The summed E-state index contributed by atoms with van der Waals surface area (Å²) in [6.45, 7) is 0.524. The summed E-state index contributed by atoms with van der Waals surface area (Å²) in [4.78, 5) is 0. The van der Waals surface area contributed by atoms with Gasteiger partial charge in [-0.2, -0.15) is 0 Å². The average molecular weight is 154 g/mol. The van der Waals surface area contributed by atoms with E-state index >= 15 is 0 Å².